The van der Waals surface area contributed by atoms with Crippen LogP contribution in [0.2, 0.25) is 0 Å². The maximum absolute atomic E-state index is 13.6. The number of hydrogen-bond donors (Lipinski definition) is 0. The topological polar surface area (TPSA) is 18.5 Å². The molecular formula is C13H15BrF2O2. The molecule has 1 heterocycles. The summed E-state index contributed by atoms with van der Waals surface area (Å²) in [5.74, 6) is -1.66. The number of halogens is 3. The molecule has 1 aliphatic rings. The van der Waals surface area contributed by atoms with E-state index in [0.29, 0.717) is 10.9 Å². The van der Waals surface area contributed by atoms with Crippen LogP contribution in [0, 0.1) is 11.6 Å². The van der Waals surface area contributed by atoms with E-state index >= 15 is 0 Å². The molecule has 0 amide bonds. The van der Waals surface area contributed by atoms with Crippen LogP contribution in [0.1, 0.15) is 25.3 Å². The second-order valence-corrected chi connectivity index (χ2v) is 5.04. The fraction of sp³-hybridized carbons (Fsp3) is 0.538. The van der Waals surface area contributed by atoms with Crippen LogP contribution in [0.4, 0.5) is 8.78 Å². The highest BCUT2D eigenvalue weighted by atomic mass is 79.9. The molecule has 1 aromatic carbocycles. The largest absolute Gasteiger partial charge is 0.485 e. The molecule has 2 atom stereocenters. The van der Waals surface area contributed by atoms with Crippen molar-refractivity contribution in [1.29, 1.82) is 0 Å². The number of ether oxygens (including phenoxy) is 2. The van der Waals surface area contributed by atoms with Crippen molar-refractivity contribution in [2.75, 3.05) is 6.61 Å². The highest BCUT2D eigenvalue weighted by Gasteiger charge is 2.23. The Kier molecular flexibility index (Phi) is 4.56. The van der Waals surface area contributed by atoms with Gasteiger partial charge in [0.25, 0.3) is 0 Å². The molecule has 0 aromatic heterocycles. The van der Waals surface area contributed by atoms with Crippen LogP contribution >= 0.6 is 15.9 Å². The van der Waals surface area contributed by atoms with Crippen LogP contribution in [-0.4, -0.2) is 18.8 Å². The van der Waals surface area contributed by atoms with Crippen molar-refractivity contribution in [2.45, 2.75) is 37.3 Å². The van der Waals surface area contributed by atoms with Crippen molar-refractivity contribution in [3.05, 3.63) is 29.3 Å². The van der Waals surface area contributed by atoms with Gasteiger partial charge in [-0.25, -0.2) is 8.78 Å². The molecule has 0 spiro atoms. The van der Waals surface area contributed by atoms with Crippen LogP contribution < -0.4 is 4.74 Å². The molecular weight excluding hydrogens is 306 g/mol. The van der Waals surface area contributed by atoms with Crippen LogP contribution in [-0.2, 0) is 10.1 Å². The monoisotopic (exact) mass is 320 g/mol. The van der Waals surface area contributed by atoms with E-state index in [2.05, 4.69) is 15.9 Å². The summed E-state index contributed by atoms with van der Waals surface area (Å²) in [6.45, 7) is 2.16. The summed E-state index contributed by atoms with van der Waals surface area (Å²) in [4.78, 5) is 0. The minimum Gasteiger partial charge on any atom is -0.485 e. The Morgan fingerprint density at radius 3 is 2.50 bits per heavy atom. The lowest BCUT2D eigenvalue weighted by atomic mass is 10.2. The molecule has 0 radical (unpaired) electrons. The highest BCUT2D eigenvalue weighted by molar-refractivity contribution is 9.08. The van der Waals surface area contributed by atoms with Gasteiger partial charge in [0.2, 0.25) is 0 Å². The van der Waals surface area contributed by atoms with E-state index < -0.39 is 11.6 Å². The fourth-order valence-corrected chi connectivity index (χ4v) is 2.34. The standard InChI is InChI=1S/C13H15BrF2O2/c1-8-2-3-10(18-8)7-17-13-11(15)4-9(6-14)5-12(13)16/h4-5,8,10H,2-3,6-7H2,1H3. The lowest BCUT2D eigenvalue weighted by molar-refractivity contribution is 0.0247. The third-order valence-electron chi connectivity index (χ3n) is 2.95. The first kappa shape index (κ1) is 13.7. The molecule has 2 nitrogen and oxygen atoms in total. The van der Waals surface area contributed by atoms with Gasteiger partial charge in [0.1, 0.15) is 6.61 Å². The zero-order valence-electron chi connectivity index (χ0n) is 10.1. The van der Waals surface area contributed by atoms with Crippen molar-refractivity contribution in [1.82, 2.24) is 0 Å². The third-order valence-corrected chi connectivity index (χ3v) is 3.59. The maximum atomic E-state index is 13.6. The average Bonchev–Trinajstić information content (AvgIpc) is 2.73. The van der Waals surface area contributed by atoms with Gasteiger partial charge in [-0.3, -0.25) is 0 Å². The van der Waals surface area contributed by atoms with E-state index in [4.69, 9.17) is 9.47 Å². The predicted octanol–water partition coefficient (Wildman–Crippen LogP) is 3.81. The number of alkyl halides is 1. The molecule has 0 N–H and O–H groups in total. The Morgan fingerprint density at radius 2 is 2.00 bits per heavy atom. The van der Waals surface area contributed by atoms with Gasteiger partial charge in [-0.15, -0.1) is 0 Å². The first-order valence-corrected chi connectivity index (χ1v) is 7.04. The summed E-state index contributed by atoms with van der Waals surface area (Å²) in [6.07, 6.45) is 1.95. The van der Waals surface area contributed by atoms with Crippen LogP contribution in [0.5, 0.6) is 5.75 Å². The van der Waals surface area contributed by atoms with Gasteiger partial charge in [0.05, 0.1) is 12.2 Å². The van der Waals surface area contributed by atoms with Crippen molar-refractivity contribution in [2.24, 2.45) is 0 Å². The van der Waals surface area contributed by atoms with Crippen LogP contribution in [0.25, 0.3) is 0 Å². The summed E-state index contributed by atoms with van der Waals surface area (Å²) in [5, 5.41) is 0.407. The molecule has 1 fully saturated rings. The van der Waals surface area contributed by atoms with Crippen molar-refractivity contribution in [3.63, 3.8) is 0 Å². The zero-order chi connectivity index (χ0) is 13.1. The van der Waals surface area contributed by atoms with Crippen molar-refractivity contribution < 1.29 is 18.3 Å². The Bertz CT molecular complexity index is 402. The second-order valence-electron chi connectivity index (χ2n) is 4.48. The van der Waals surface area contributed by atoms with E-state index in [-0.39, 0.29) is 24.6 Å². The van der Waals surface area contributed by atoms with E-state index in [1.165, 1.54) is 12.1 Å². The molecule has 18 heavy (non-hydrogen) atoms. The smallest absolute Gasteiger partial charge is 0.190 e. The molecule has 1 aromatic rings. The summed E-state index contributed by atoms with van der Waals surface area (Å²) in [5.41, 5.74) is 0.545. The summed E-state index contributed by atoms with van der Waals surface area (Å²) >= 11 is 3.16. The highest BCUT2D eigenvalue weighted by Crippen LogP contribution is 2.26. The minimum absolute atomic E-state index is 0.0744. The van der Waals surface area contributed by atoms with E-state index in [0.717, 1.165) is 12.8 Å². The Labute approximate surface area is 113 Å². The molecule has 0 saturated carbocycles. The first-order valence-electron chi connectivity index (χ1n) is 5.92. The molecule has 0 bridgehead atoms. The molecule has 1 saturated heterocycles. The Balaban J connectivity index is 2.01. The van der Waals surface area contributed by atoms with Crippen LogP contribution in [0.3, 0.4) is 0 Å². The van der Waals surface area contributed by atoms with Gasteiger partial charge >= 0.3 is 0 Å². The van der Waals surface area contributed by atoms with Gasteiger partial charge in [-0.05, 0) is 37.5 Å². The summed E-state index contributed by atoms with van der Waals surface area (Å²) < 4.78 is 38.0. The molecule has 0 aliphatic carbocycles. The predicted molar refractivity (Wildman–Crippen MR) is 68.1 cm³/mol. The van der Waals surface area contributed by atoms with E-state index in [1.54, 1.807) is 0 Å². The SMILES string of the molecule is CC1CCC(COc2c(F)cc(CBr)cc2F)O1. The third kappa shape index (κ3) is 3.20. The second kappa shape index (κ2) is 5.97. The number of hydrogen-bond acceptors (Lipinski definition) is 2. The van der Waals surface area contributed by atoms with Crippen molar-refractivity contribution in [3.8, 4) is 5.75 Å². The molecule has 100 valence electrons. The molecule has 5 heteroatoms. The molecule has 2 rings (SSSR count). The number of benzene rings is 1. The summed E-state index contributed by atoms with van der Waals surface area (Å²) in [7, 11) is 0. The first-order chi connectivity index (χ1) is 8.60. The van der Waals surface area contributed by atoms with E-state index in [9.17, 15) is 8.78 Å². The normalized spacial score (nSPS) is 23.3. The van der Waals surface area contributed by atoms with E-state index in [1.807, 2.05) is 6.92 Å². The Hall–Kier alpha value is -0.680. The fourth-order valence-electron chi connectivity index (χ4n) is 2.01. The van der Waals surface area contributed by atoms with Gasteiger partial charge in [-0.1, -0.05) is 15.9 Å². The summed E-state index contributed by atoms with van der Waals surface area (Å²) in [6, 6.07) is 2.54. The lowest BCUT2D eigenvalue weighted by Crippen LogP contribution is -2.18. The Morgan fingerprint density at radius 1 is 1.33 bits per heavy atom. The molecule has 1 aliphatic heterocycles. The van der Waals surface area contributed by atoms with Gasteiger partial charge in [0, 0.05) is 5.33 Å². The van der Waals surface area contributed by atoms with Gasteiger partial charge in [0.15, 0.2) is 17.4 Å². The zero-order valence-corrected chi connectivity index (χ0v) is 11.7. The number of rotatable bonds is 4. The van der Waals surface area contributed by atoms with Crippen molar-refractivity contribution >= 4 is 15.9 Å². The average molecular weight is 321 g/mol. The minimum atomic E-state index is -0.671. The quantitative estimate of drug-likeness (QED) is 0.785. The lowest BCUT2D eigenvalue weighted by Gasteiger charge is -2.14. The van der Waals surface area contributed by atoms with Gasteiger partial charge in [-0.2, -0.15) is 0 Å². The molecule has 2 unspecified atom stereocenters. The van der Waals surface area contributed by atoms with Gasteiger partial charge < -0.3 is 9.47 Å². The maximum Gasteiger partial charge on any atom is 0.190 e. The van der Waals surface area contributed by atoms with Crippen LogP contribution in [0.15, 0.2) is 12.1 Å².